The van der Waals surface area contributed by atoms with Crippen molar-refractivity contribution in [1.29, 1.82) is 0 Å². The summed E-state index contributed by atoms with van der Waals surface area (Å²) in [5.74, 6) is 0.884. The van der Waals surface area contributed by atoms with Crippen molar-refractivity contribution in [3.63, 3.8) is 0 Å². The van der Waals surface area contributed by atoms with Crippen LogP contribution in [0.5, 0.6) is 0 Å². The van der Waals surface area contributed by atoms with Crippen molar-refractivity contribution in [2.24, 2.45) is 5.92 Å². The lowest BCUT2D eigenvalue weighted by atomic mass is 9.88. The van der Waals surface area contributed by atoms with Gasteiger partial charge in [-0.2, -0.15) is 0 Å². The van der Waals surface area contributed by atoms with Gasteiger partial charge in [-0.15, -0.1) is 0 Å². The highest BCUT2D eigenvalue weighted by atomic mass is 14.2. The predicted molar refractivity (Wildman–Crippen MR) is 130 cm³/mol. The Balaban J connectivity index is 0.000000537. The van der Waals surface area contributed by atoms with E-state index in [1.54, 1.807) is 0 Å². The van der Waals surface area contributed by atoms with E-state index >= 15 is 0 Å². The third kappa shape index (κ3) is 6.75. The summed E-state index contributed by atoms with van der Waals surface area (Å²) in [5, 5.41) is 0. The highest BCUT2D eigenvalue weighted by Crippen LogP contribution is 2.33. The van der Waals surface area contributed by atoms with Crippen LogP contribution < -0.4 is 0 Å². The molecule has 0 N–H and O–H groups in total. The standard InChI is InChI=1S/C24H24.C5H12/c1-18(2)14-15-23-19(3)22(20-10-6-4-7-11-20)16-17-24(23)21-12-8-5-9-13-21;1-4-5(2)3/h4-14,16-17H,15H2,1-3H3;5H,4H2,1-3H3. The highest BCUT2D eigenvalue weighted by molar-refractivity contribution is 5.77. The van der Waals surface area contributed by atoms with Crippen LogP contribution in [0.15, 0.2) is 84.4 Å². The minimum atomic E-state index is 0.884. The molecule has 0 aliphatic carbocycles. The van der Waals surface area contributed by atoms with Crippen molar-refractivity contribution in [3.8, 4) is 22.3 Å². The van der Waals surface area contributed by atoms with Gasteiger partial charge in [0.25, 0.3) is 0 Å². The van der Waals surface area contributed by atoms with Gasteiger partial charge >= 0.3 is 0 Å². The molecular formula is C29H36. The van der Waals surface area contributed by atoms with Crippen LogP contribution >= 0.6 is 0 Å². The molecule has 0 atom stereocenters. The molecule has 0 amide bonds. The average molecular weight is 385 g/mol. The molecule has 0 aliphatic heterocycles. The Labute approximate surface area is 178 Å². The molecular weight excluding hydrogens is 348 g/mol. The molecule has 0 aromatic heterocycles. The third-order valence-corrected chi connectivity index (χ3v) is 5.30. The zero-order chi connectivity index (χ0) is 21.2. The Morgan fingerprint density at radius 2 is 1.21 bits per heavy atom. The quantitative estimate of drug-likeness (QED) is 0.385. The first kappa shape index (κ1) is 22.7. The Morgan fingerprint density at radius 3 is 1.66 bits per heavy atom. The number of allylic oxidation sites excluding steroid dienone is 2. The van der Waals surface area contributed by atoms with Gasteiger partial charge in [0.15, 0.2) is 0 Å². The summed E-state index contributed by atoms with van der Waals surface area (Å²) in [6.07, 6.45) is 4.60. The molecule has 29 heavy (non-hydrogen) atoms. The Morgan fingerprint density at radius 1 is 0.759 bits per heavy atom. The lowest BCUT2D eigenvalue weighted by Gasteiger charge is -2.16. The van der Waals surface area contributed by atoms with Gasteiger partial charge in [0, 0.05) is 0 Å². The largest absolute Gasteiger partial charge is 0.0815 e. The fourth-order valence-electron chi connectivity index (χ4n) is 3.14. The number of rotatable bonds is 5. The van der Waals surface area contributed by atoms with E-state index < -0.39 is 0 Å². The number of hydrogen-bond acceptors (Lipinski definition) is 0. The van der Waals surface area contributed by atoms with E-state index in [9.17, 15) is 0 Å². The first-order valence-electron chi connectivity index (χ1n) is 10.8. The molecule has 0 heteroatoms. The molecule has 0 saturated carbocycles. The molecule has 3 aromatic rings. The fraction of sp³-hybridized carbons (Fsp3) is 0.310. The van der Waals surface area contributed by atoms with E-state index in [4.69, 9.17) is 0 Å². The third-order valence-electron chi connectivity index (χ3n) is 5.30. The minimum Gasteiger partial charge on any atom is -0.0815 e. The summed E-state index contributed by atoms with van der Waals surface area (Å²) in [5.41, 5.74) is 9.39. The zero-order valence-electron chi connectivity index (χ0n) is 19.0. The Kier molecular flexibility index (Phi) is 8.93. The van der Waals surface area contributed by atoms with Crippen molar-refractivity contribution in [2.75, 3.05) is 0 Å². The van der Waals surface area contributed by atoms with Gasteiger partial charge in [-0.1, -0.05) is 112 Å². The van der Waals surface area contributed by atoms with E-state index in [2.05, 4.69) is 120 Å². The topological polar surface area (TPSA) is 0 Å². The summed E-state index contributed by atoms with van der Waals surface area (Å²) in [4.78, 5) is 0. The van der Waals surface area contributed by atoms with E-state index in [-0.39, 0.29) is 0 Å². The maximum Gasteiger partial charge on any atom is -0.00860 e. The minimum absolute atomic E-state index is 0.884. The maximum absolute atomic E-state index is 2.32. The van der Waals surface area contributed by atoms with E-state index in [0.29, 0.717) is 0 Å². The maximum atomic E-state index is 2.32. The van der Waals surface area contributed by atoms with Crippen LogP contribution in [0.25, 0.3) is 22.3 Å². The van der Waals surface area contributed by atoms with E-state index in [1.165, 1.54) is 45.4 Å². The van der Waals surface area contributed by atoms with Gasteiger partial charge in [-0.05, 0) is 66.5 Å². The van der Waals surface area contributed by atoms with Crippen molar-refractivity contribution >= 4 is 0 Å². The molecule has 0 radical (unpaired) electrons. The normalized spacial score (nSPS) is 10.3. The number of hydrogen-bond donors (Lipinski definition) is 0. The molecule has 0 nitrogen and oxygen atoms in total. The second-order valence-corrected chi connectivity index (χ2v) is 8.28. The van der Waals surface area contributed by atoms with Crippen molar-refractivity contribution in [3.05, 3.63) is 95.6 Å². The van der Waals surface area contributed by atoms with Crippen molar-refractivity contribution in [1.82, 2.24) is 0 Å². The monoisotopic (exact) mass is 384 g/mol. The molecule has 3 aromatic carbocycles. The van der Waals surface area contributed by atoms with Crippen LogP contribution in [0.3, 0.4) is 0 Å². The van der Waals surface area contributed by atoms with Crippen LogP contribution in [-0.2, 0) is 6.42 Å². The van der Waals surface area contributed by atoms with Crippen molar-refractivity contribution < 1.29 is 0 Å². The summed E-state index contributed by atoms with van der Waals surface area (Å²) in [7, 11) is 0. The molecule has 152 valence electrons. The van der Waals surface area contributed by atoms with Crippen LogP contribution in [0.2, 0.25) is 0 Å². The van der Waals surface area contributed by atoms with Crippen LogP contribution in [-0.4, -0.2) is 0 Å². The average Bonchev–Trinajstić information content (AvgIpc) is 2.74. The van der Waals surface area contributed by atoms with Gasteiger partial charge in [0.1, 0.15) is 0 Å². The summed E-state index contributed by atoms with van der Waals surface area (Å²) in [6, 6.07) is 25.9. The first-order valence-corrected chi connectivity index (χ1v) is 10.8. The van der Waals surface area contributed by atoms with Crippen LogP contribution in [0, 0.1) is 12.8 Å². The molecule has 0 aliphatic rings. The Hall–Kier alpha value is -2.60. The molecule has 0 heterocycles. The van der Waals surface area contributed by atoms with E-state index in [1.807, 2.05) is 0 Å². The zero-order valence-corrected chi connectivity index (χ0v) is 19.0. The second kappa shape index (κ2) is 11.4. The summed E-state index contributed by atoms with van der Waals surface area (Å²) in [6.45, 7) is 13.2. The van der Waals surface area contributed by atoms with Gasteiger partial charge in [0.05, 0.1) is 0 Å². The molecule has 0 fully saturated rings. The van der Waals surface area contributed by atoms with Gasteiger partial charge in [-0.3, -0.25) is 0 Å². The van der Waals surface area contributed by atoms with Crippen LogP contribution in [0.4, 0.5) is 0 Å². The molecule has 3 rings (SSSR count). The molecule has 0 bridgehead atoms. The Bertz CT molecular complexity index is 896. The molecule has 0 saturated heterocycles. The SMILES string of the molecule is CC(C)=CCc1c(-c2ccccc2)ccc(-c2ccccc2)c1C.CCC(C)C. The van der Waals surface area contributed by atoms with Gasteiger partial charge < -0.3 is 0 Å². The lowest BCUT2D eigenvalue weighted by molar-refractivity contribution is 0.626. The molecule has 0 spiro atoms. The second-order valence-electron chi connectivity index (χ2n) is 8.28. The van der Waals surface area contributed by atoms with Gasteiger partial charge in [0.2, 0.25) is 0 Å². The lowest BCUT2D eigenvalue weighted by Crippen LogP contribution is -1.96. The molecule has 0 unspecified atom stereocenters. The summed E-state index contributed by atoms with van der Waals surface area (Å²) < 4.78 is 0. The first-order chi connectivity index (χ1) is 13.9. The number of benzene rings is 3. The highest BCUT2D eigenvalue weighted by Gasteiger charge is 2.12. The fourth-order valence-corrected chi connectivity index (χ4v) is 3.14. The van der Waals surface area contributed by atoms with Gasteiger partial charge in [-0.25, -0.2) is 0 Å². The van der Waals surface area contributed by atoms with E-state index in [0.717, 1.165) is 12.3 Å². The predicted octanol–water partition coefficient (Wildman–Crippen LogP) is 8.89. The smallest absolute Gasteiger partial charge is 0.00860 e. The summed E-state index contributed by atoms with van der Waals surface area (Å²) >= 11 is 0. The van der Waals surface area contributed by atoms with Crippen LogP contribution in [0.1, 0.15) is 52.2 Å². The van der Waals surface area contributed by atoms with Crippen molar-refractivity contribution in [2.45, 2.75) is 54.4 Å².